The SMILES string of the molecule is O=C(Cc1ccc(F)c(Br)c1)c1cncnc1. The highest BCUT2D eigenvalue weighted by molar-refractivity contribution is 9.10. The summed E-state index contributed by atoms with van der Waals surface area (Å²) in [5.41, 5.74) is 1.19. The maximum Gasteiger partial charge on any atom is 0.170 e. The third kappa shape index (κ3) is 2.94. The second-order valence-corrected chi connectivity index (χ2v) is 4.33. The first-order chi connectivity index (χ1) is 8.16. The molecular formula is C12H8BrFN2O. The van der Waals surface area contributed by atoms with Crippen molar-refractivity contribution in [1.29, 1.82) is 0 Å². The highest BCUT2D eigenvalue weighted by atomic mass is 79.9. The number of carbonyl (C=O) groups is 1. The van der Waals surface area contributed by atoms with Crippen LogP contribution in [0.2, 0.25) is 0 Å². The molecule has 1 heterocycles. The second kappa shape index (κ2) is 5.14. The van der Waals surface area contributed by atoms with E-state index in [0.717, 1.165) is 5.56 Å². The Morgan fingerprint density at radius 2 is 2.00 bits per heavy atom. The maximum absolute atomic E-state index is 13.0. The molecule has 0 unspecified atom stereocenters. The Morgan fingerprint density at radius 3 is 2.65 bits per heavy atom. The molecule has 0 atom stereocenters. The van der Waals surface area contributed by atoms with Crippen LogP contribution < -0.4 is 0 Å². The lowest BCUT2D eigenvalue weighted by Crippen LogP contribution is -2.04. The zero-order valence-electron chi connectivity index (χ0n) is 8.73. The normalized spacial score (nSPS) is 10.2. The molecule has 5 heteroatoms. The van der Waals surface area contributed by atoms with Gasteiger partial charge < -0.3 is 0 Å². The van der Waals surface area contributed by atoms with E-state index in [1.807, 2.05) is 0 Å². The van der Waals surface area contributed by atoms with Crippen LogP contribution in [0.25, 0.3) is 0 Å². The minimum atomic E-state index is -0.343. The van der Waals surface area contributed by atoms with Crippen LogP contribution in [0.3, 0.4) is 0 Å². The monoisotopic (exact) mass is 294 g/mol. The van der Waals surface area contributed by atoms with E-state index in [1.165, 1.54) is 24.8 Å². The summed E-state index contributed by atoms with van der Waals surface area (Å²) in [5, 5.41) is 0. The van der Waals surface area contributed by atoms with Crippen LogP contribution in [0.4, 0.5) is 4.39 Å². The number of Topliss-reactive ketones (excluding diaryl/α,β-unsaturated/α-hetero) is 1. The van der Waals surface area contributed by atoms with Gasteiger partial charge in [-0.2, -0.15) is 0 Å². The lowest BCUT2D eigenvalue weighted by Gasteiger charge is -2.02. The smallest absolute Gasteiger partial charge is 0.170 e. The van der Waals surface area contributed by atoms with Gasteiger partial charge in [-0.15, -0.1) is 0 Å². The highest BCUT2D eigenvalue weighted by Crippen LogP contribution is 2.17. The summed E-state index contributed by atoms with van der Waals surface area (Å²) in [5.74, 6) is -0.437. The second-order valence-electron chi connectivity index (χ2n) is 3.48. The Balaban J connectivity index is 2.16. The molecule has 0 aliphatic carbocycles. The maximum atomic E-state index is 13.0. The number of hydrogen-bond acceptors (Lipinski definition) is 3. The molecule has 17 heavy (non-hydrogen) atoms. The average Bonchev–Trinajstić information content (AvgIpc) is 2.35. The molecule has 0 fully saturated rings. The van der Waals surface area contributed by atoms with Crippen molar-refractivity contribution in [2.24, 2.45) is 0 Å². The van der Waals surface area contributed by atoms with Gasteiger partial charge in [0.1, 0.15) is 12.1 Å². The number of hydrogen-bond donors (Lipinski definition) is 0. The van der Waals surface area contributed by atoms with Gasteiger partial charge in [-0.1, -0.05) is 6.07 Å². The van der Waals surface area contributed by atoms with Crippen LogP contribution in [-0.2, 0) is 6.42 Å². The first-order valence-corrected chi connectivity index (χ1v) is 5.68. The van der Waals surface area contributed by atoms with Crippen molar-refractivity contribution in [3.63, 3.8) is 0 Å². The molecule has 2 rings (SSSR count). The Labute approximate surface area is 106 Å². The minimum Gasteiger partial charge on any atom is -0.294 e. The molecule has 2 aromatic rings. The van der Waals surface area contributed by atoms with E-state index in [4.69, 9.17) is 0 Å². The van der Waals surface area contributed by atoms with Crippen molar-refractivity contribution in [3.05, 3.63) is 58.3 Å². The summed E-state index contributed by atoms with van der Waals surface area (Å²) in [6, 6.07) is 4.51. The Kier molecular flexibility index (Phi) is 3.58. The summed E-state index contributed by atoms with van der Waals surface area (Å²) >= 11 is 3.08. The Morgan fingerprint density at radius 1 is 1.29 bits per heavy atom. The third-order valence-corrected chi connectivity index (χ3v) is 2.84. The number of rotatable bonds is 3. The molecule has 0 amide bonds. The average molecular weight is 295 g/mol. The molecule has 0 saturated heterocycles. The number of benzene rings is 1. The van der Waals surface area contributed by atoms with Crippen LogP contribution in [0.1, 0.15) is 15.9 Å². The van der Waals surface area contributed by atoms with E-state index in [2.05, 4.69) is 25.9 Å². The lowest BCUT2D eigenvalue weighted by molar-refractivity contribution is 0.0992. The number of ketones is 1. The van der Waals surface area contributed by atoms with Crippen molar-refractivity contribution in [3.8, 4) is 0 Å². The van der Waals surface area contributed by atoms with E-state index in [1.54, 1.807) is 12.1 Å². The summed E-state index contributed by atoms with van der Waals surface area (Å²) in [6.45, 7) is 0. The summed E-state index contributed by atoms with van der Waals surface area (Å²) in [4.78, 5) is 19.4. The van der Waals surface area contributed by atoms with Gasteiger partial charge in [-0.05, 0) is 33.6 Å². The fourth-order valence-corrected chi connectivity index (χ4v) is 1.81. The predicted molar refractivity (Wildman–Crippen MR) is 64.2 cm³/mol. The van der Waals surface area contributed by atoms with Crippen molar-refractivity contribution in [2.75, 3.05) is 0 Å². The molecule has 0 N–H and O–H groups in total. The fraction of sp³-hybridized carbons (Fsp3) is 0.0833. The van der Waals surface area contributed by atoms with Crippen LogP contribution >= 0.6 is 15.9 Å². The zero-order chi connectivity index (χ0) is 12.3. The van der Waals surface area contributed by atoms with E-state index >= 15 is 0 Å². The molecule has 86 valence electrons. The van der Waals surface area contributed by atoms with Gasteiger partial charge in [0, 0.05) is 18.8 Å². The van der Waals surface area contributed by atoms with Crippen molar-refractivity contribution >= 4 is 21.7 Å². The number of carbonyl (C=O) groups excluding carboxylic acids is 1. The number of aromatic nitrogens is 2. The number of nitrogens with zero attached hydrogens (tertiary/aromatic N) is 2. The van der Waals surface area contributed by atoms with Gasteiger partial charge >= 0.3 is 0 Å². The largest absolute Gasteiger partial charge is 0.294 e. The topological polar surface area (TPSA) is 42.9 Å². The van der Waals surface area contributed by atoms with Crippen LogP contribution in [0, 0.1) is 5.82 Å². The van der Waals surface area contributed by atoms with Crippen LogP contribution in [0.5, 0.6) is 0 Å². The standard InChI is InChI=1S/C12H8BrFN2O/c13-10-3-8(1-2-11(10)14)4-12(17)9-5-15-7-16-6-9/h1-3,5-7H,4H2. The van der Waals surface area contributed by atoms with Gasteiger partial charge in [0.2, 0.25) is 0 Å². The Hall–Kier alpha value is -1.62. The van der Waals surface area contributed by atoms with Gasteiger partial charge in [-0.25, -0.2) is 14.4 Å². The lowest BCUT2D eigenvalue weighted by atomic mass is 10.1. The van der Waals surface area contributed by atoms with Gasteiger partial charge in [-0.3, -0.25) is 4.79 Å². The first-order valence-electron chi connectivity index (χ1n) is 4.89. The molecule has 1 aromatic carbocycles. The summed E-state index contributed by atoms with van der Waals surface area (Å²) in [6.07, 6.45) is 4.50. The minimum absolute atomic E-state index is 0.0934. The molecule has 0 radical (unpaired) electrons. The fourth-order valence-electron chi connectivity index (χ4n) is 1.38. The predicted octanol–water partition coefficient (Wildman–Crippen LogP) is 2.80. The first kappa shape index (κ1) is 11.9. The van der Waals surface area contributed by atoms with E-state index in [0.29, 0.717) is 10.0 Å². The van der Waals surface area contributed by atoms with Crippen molar-refractivity contribution in [2.45, 2.75) is 6.42 Å². The Bertz CT molecular complexity index is 545. The molecule has 1 aromatic heterocycles. The van der Waals surface area contributed by atoms with Gasteiger partial charge in [0.25, 0.3) is 0 Å². The van der Waals surface area contributed by atoms with Gasteiger partial charge in [0.15, 0.2) is 5.78 Å². The zero-order valence-corrected chi connectivity index (χ0v) is 10.3. The molecule has 0 saturated carbocycles. The highest BCUT2D eigenvalue weighted by Gasteiger charge is 2.08. The molecular weight excluding hydrogens is 287 g/mol. The van der Waals surface area contributed by atoms with Crippen LogP contribution in [-0.4, -0.2) is 15.8 Å². The summed E-state index contributed by atoms with van der Waals surface area (Å²) < 4.78 is 13.4. The quantitative estimate of drug-likeness (QED) is 0.818. The number of halogens is 2. The van der Waals surface area contributed by atoms with E-state index in [9.17, 15) is 9.18 Å². The van der Waals surface area contributed by atoms with E-state index < -0.39 is 0 Å². The third-order valence-electron chi connectivity index (χ3n) is 2.23. The molecule has 0 aliphatic heterocycles. The van der Waals surface area contributed by atoms with Gasteiger partial charge in [0.05, 0.1) is 10.0 Å². The van der Waals surface area contributed by atoms with Crippen LogP contribution in [0.15, 0.2) is 41.4 Å². The summed E-state index contributed by atoms with van der Waals surface area (Å²) in [7, 11) is 0. The molecule has 0 aliphatic rings. The van der Waals surface area contributed by atoms with Crippen molar-refractivity contribution < 1.29 is 9.18 Å². The van der Waals surface area contributed by atoms with Crippen molar-refractivity contribution in [1.82, 2.24) is 9.97 Å². The molecule has 0 spiro atoms. The van der Waals surface area contributed by atoms with E-state index in [-0.39, 0.29) is 18.0 Å². The molecule has 3 nitrogen and oxygen atoms in total. The molecule has 0 bridgehead atoms.